The van der Waals surface area contributed by atoms with Gasteiger partial charge in [-0.15, -0.1) is 0 Å². The monoisotopic (exact) mass is 296 g/mol. The van der Waals surface area contributed by atoms with Crippen LogP contribution in [0, 0.1) is 5.92 Å². The number of aromatic nitrogens is 1. The van der Waals surface area contributed by atoms with Crippen LogP contribution in [0.15, 0.2) is 12.1 Å². The van der Waals surface area contributed by atoms with E-state index in [9.17, 15) is 0 Å². The third kappa shape index (κ3) is 4.08. The summed E-state index contributed by atoms with van der Waals surface area (Å²) in [6, 6.07) is 3.96. The van der Waals surface area contributed by atoms with Crippen LogP contribution in [0.3, 0.4) is 0 Å². The number of rotatable bonds is 6. The molecule has 1 fully saturated rings. The van der Waals surface area contributed by atoms with Gasteiger partial charge in [0.05, 0.1) is 10.7 Å². The topological polar surface area (TPSA) is 31.4 Å². The summed E-state index contributed by atoms with van der Waals surface area (Å²) in [5.41, 5.74) is 0.932. The molecule has 1 aliphatic rings. The number of nitrogens with one attached hydrogen (secondary N) is 1. The van der Waals surface area contributed by atoms with Crippen LogP contribution in [-0.4, -0.2) is 50.2 Å². The van der Waals surface area contributed by atoms with Gasteiger partial charge in [-0.05, 0) is 44.6 Å². The standard InChI is InChI=1S/C15H25ClN4/c1-4-17-9-14-13(16)5-6-15(18-14)20(3)11-12-7-8-19(2)10-12/h5-6,12,17H,4,7-11H2,1-3H3. The van der Waals surface area contributed by atoms with Crippen molar-refractivity contribution in [2.75, 3.05) is 45.2 Å². The predicted molar refractivity (Wildman–Crippen MR) is 85.5 cm³/mol. The molecule has 0 aromatic carbocycles. The molecule has 20 heavy (non-hydrogen) atoms. The molecule has 4 nitrogen and oxygen atoms in total. The first kappa shape index (κ1) is 15.5. The van der Waals surface area contributed by atoms with Gasteiger partial charge < -0.3 is 15.1 Å². The lowest BCUT2D eigenvalue weighted by atomic mass is 10.1. The van der Waals surface area contributed by atoms with Crippen molar-refractivity contribution in [1.82, 2.24) is 15.2 Å². The summed E-state index contributed by atoms with van der Waals surface area (Å²) < 4.78 is 0. The first-order valence-corrected chi connectivity index (χ1v) is 7.73. The van der Waals surface area contributed by atoms with Gasteiger partial charge in [0.2, 0.25) is 0 Å². The van der Waals surface area contributed by atoms with Gasteiger partial charge in [-0.25, -0.2) is 4.98 Å². The second kappa shape index (κ2) is 7.25. The van der Waals surface area contributed by atoms with Gasteiger partial charge in [-0.3, -0.25) is 0 Å². The highest BCUT2D eigenvalue weighted by atomic mass is 35.5. The number of likely N-dealkylation sites (tertiary alicyclic amines) is 1. The maximum atomic E-state index is 6.20. The van der Waals surface area contributed by atoms with E-state index in [0.717, 1.165) is 42.1 Å². The van der Waals surface area contributed by atoms with Crippen LogP contribution in [0.5, 0.6) is 0 Å². The van der Waals surface area contributed by atoms with Gasteiger partial charge in [0.1, 0.15) is 5.82 Å². The molecule has 1 unspecified atom stereocenters. The van der Waals surface area contributed by atoms with Gasteiger partial charge in [0.25, 0.3) is 0 Å². The Morgan fingerprint density at radius 2 is 2.30 bits per heavy atom. The molecule has 1 N–H and O–H groups in total. The first-order valence-electron chi connectivity index (χ1n) is 7.36. The molecular weight excluding hydrogens is 272 g/mol. The van der Waals surface area contributed by atoms with E-state index in [4.69, 9.17) is 11.6 Å². The smallest absolute Gasteiger partial charge is 0.128 e. The normalized spacial score (nSPS) is 19.5. The van der Waals surface area contributed by atoms with Crippen molar-refractivity contribution in [2.24, 2.45) is 5.92 Å². The molecule has 0 bridgehead atoms. The van der Waals surface area contributed by atoms with Crippen LogP contribution in [0.4, 0.5) is 5.82 Å². The van der Waals surface area contributed by atoms with E-state index in [1.807, 2.05) is 12.1 Å². The average Bonchev–Trinajstić information content (AvgIpc) is 2.83. The second-order valence-corrected chi connectivity index (χ2v) is 6.08. The highest BCUT2D eigenvalue weighted by molar-refractivity contribution is 6.31. The maximum Gasteiger partial charge on any atom is 0.128 e. The number of anilines is 1. The first-order chi connectivity index (χ1) is 9.60. The fourth-order valence-corrected chi connectivity index (χ4v) is 2.88. The Morgan fingerprint density at radius 1 is 1.50 bits per heavy atom. The fraction of sp³-hybridized carbons (Fsp3) is 0.667. The molecule has 0 saturated carbocycles. The highest BCUT2D eigenvalue weighted by Gasteiger charge is 2.21. The zero-order chi connectivity index (χ0) is 14.5. The molecular formula is C15H25ClN4. The summed E-state index contributed by atoms with van der Waals surface area (Å²) in [6.45, 7) is 7.18. The van der Waals surface area contributed by atoms with Crippen molar-refractivity contribution in [1.29, 1.82) is 0 Å². The van der Waals surface area contributed by atoms with Gasteiger partial charge in [-0.1, -0.05) is 18.5 Å². The van der Waals surface area contributed by atoms with E-state index >= 15 is 0 Å². The van der Waals surface area contributed by atoms with Gasteiger partial charge in [-0.2, -0.15) is 0 Å². The summed E-state index contributed by atoms with van der Waals surface area (Å²) >= 11 is 6.20. The summed E-state index contributed by atoms with van der Waals surface area (Å²) in [5, 5.41) is 4.02. The predicted octanol–water partition coefficient (Wildman–Crippen LogP) is 2.23. The molecule has 0 amide bonds. The van der Waals surface area contributed by atoms with Crippen LogP contribution in [-0.2, 0) is 6.54 Å². The van der Waals surface area contributed by atoms with Crippen molar-refractivity contribution in [3.05, 3.63) is 22.8 Å². The van der Waals surface area contributed by atoms with Gasteiger partial charge in [0.15, 0.2) is 0 Å². The van der Waals surface area contributed by atoms with E-state index < -0.39 is 0 Å². The minimum atomic E-state index is 0.725. The third-order valence-corrected chi connectivity index (χ3v) is 4.20. The van der Waals surface area contributed by atoms with Crippen LogP contribution in [0.2, 0.25) is 5.02 Å². The van der Waals surface area contributed by atoms with E-state index in [0.29, 0.717) is 0 Å². The number of halogens is 1. The summed E-state index contributed by atoms with van der Waals surface area (Å²) in [5.74, 6) is 1.75. The number of pyridine rings is 1. The summed E-state index contributed by atoms with van der Waals surface area (Å²) in [4.78, 5) is 9.33. The molecule has 1 aromatic heterocycles. The van der Waals surface area contributed by atoms with E-state index in [1.54, 1.807) is 0 Å². The molecule has 0 spiro atoms. The van der Waals surface area contributed by atoms with Crippen LogP contribution < -0.4 is 10.2 Å². The van der Waals surface area contributed by atoms with Crippen molar-refractivity contribution < 1.29 is 0 Å². The van der Waals surface area contributed by atoms with Crippen molar-refractivity contribution in [3.8, 4) is 0 Å². The molecule has 1 aliphatic heterocycles. The van der Waals surface area contributed by atoms with E-state index in [2.05, 4.69) is 41.1 Å². The third-order valence-electron chi connectivity index (χ3n) is 3.86. The Balaban J connectivity index is 2.00. The van der Waals surface area contributed by atoms with Crippen molar-refractivity contribution >= 4 is 17.4 Å². The minimum absolute atomic E-state index is 0.725. The number of nitrogens with zero attached hydrogens (tertiary/aromatic N) is 3. The molecule has 2 rings (SSSR count). The molecule has 1 atom stereocenters. The largest absolute Gasteiger partial charge is 0.359 e. The van der Waals surface area contributed by atoms with Crippen molar-refractivity contribution in [3.63, 3.8) is 0 Å². The highest BCUT2D eigenvalue weighted by Crippen LogP contribution is 2.21. The molecule has 1 aromatic rings. The lowest BCUT2D eigenvalue weighted by Gasteiger charge is -2.23. The molecule has 2 heterocycles. The summed E-state index contributed by atoms with van der Waals surface area (Å²) in [6.07, 6.45) is 1.28. The van der Waals surface area contributed by atoms with Crippen molar-refractivity contribution in [2.45, 2.75) is 19.9 Å². The van der Waals surface area contributed by atoms with Gasteiger partial charge >= 0.3 is 0 Å². The van der Waals surface area contributed by atoms with Gasteiger partial charge in [0, 0.05) is 26.7 Å². The minimum Gasteiger partial charge on any atom is -0.359 e. The average molecular weight is 297 g/mol. The number of hydrogen-bond acceptors (Lipinski definition) is 4. The zero-order valence-electron chi connectivity index (χ0n) is 12.7. The zero-order valence-corrected chi connectivity index (χ0v) is 13.5. The Morgan fingerprint density at radius 3 is 2.95 bits per heavy atom. The maximum absolute atomic E-state index is 6.20. The van der Waals surface area contributed by atoms with E-state index in [-0.39, 0.29) is 0 Å². The summed E-state index contributed by atoms with van der Waals surface area (Å²) in [7, 11) is 4.31. The van der Waals surface area contributed by atoms with Crippen LogP contribution in [0.1, 0.15) is 19.0 Å². The molecule has 0 aliphatic carbocycles. The molecule has 0 radical (unpaired) electrons. The SMILES string of the molecule is CCNCc1nc(N(C)CC2CCN(C)C2)ccc1Cl. The quantitative estimate of drug-likeness (QED) is 0.872. The van der Waals surface area contributed by atoms with Crippen LogP contribution in [0.25, 0.3) is 0 Å². The lowest BCUT2D eigenvalue weighted by Crippen LogP contribution is -2.28. The molecule has 1 saturated heterocycles. The molecule has 5 heteroatoms. The van der Waals surface area contributed by atoms with E-state index in [1.165, 1.54) is 19.5 Å². The molecule has 112 valence electrons. The Labute approximate surface area is 127 Å². The van der Waals surface area contributed by atoms with Crippen LogP contribution >= 0.6 is 11.6 Å². The fourth-order valence-electron chi connectivity index (χ4n) is 2.71. The lowest BCUT2D eigenvalue weighted by molar-refractivity contribution is 0.395. The second-order valence-electron chi connectivity index (χ2n) is 5.68. The Hall–Kier alpha value is -0.840. The Bertz CT molecular complexity index is 438. The number of hydrogen-bond donors (Lipinski definition) is 1. The Kier molecular flexibility index (Phi) is 5.64.